The normalized spacial score (nSPS) is 17.4. The minimum atomic E-state index is -4.56. The number of halogens is 4. The van der Waals surface area contributed by atoms with E-state index in [1.165, 1.54) is 6.07 Å². The van der Waals surface area contributed by atoms with Gasteiger partial charge in [-0.25, -0.2) is 0 Å². The number of carbonyl (C=O) groups excluding carboxylic acids is 1. The molecule has 1 aromatic carbocycles. The average Bonchev–Trinajstić information content (AvgIpc) is 3.12. The quantitative estimate of drug-likeness (QED) is 0.476. The van der Waals surface area contributed by atoms with E-state index in [1.54, 1.807) is 13.8 Å². The van der Waals surface area contributed by atoms with Gasteiger partial charge in [-0.2, -0.15) is 13.2 Å². The van der Waals surface area contributed by atoms with Crippen LogP contribution in [0.15, 0.2) is 18.2 Å². The number of rotatable bonds is 8. The smallest absolute Gasteiger partial charge is 0.416 e. The van der Waals surface area contributed by atoms with Crippen LogP contribution in [0, 0.1) is 0 Å². The number of alkyl halides is 4. The van der Waals surface area contributed by atoms with Crippen LogP contribution >= 0.6 is 11.6 Å². The van der Waals surface area contributed by atoms with Crippen LogP contribution in [0.1, 0.15) is 32.3 Å². The van der Waals surface area contributed by atoms with Gasteiger partial charge in [0.15, 0.2) is 0 Å². The van der Waals surface area contributed by atoms with Gasteiger partial charge in [-0.05, 0) is 44.9 Å². The zero-order valence-electron chi connectivity index (χ0n) is 15.2. The molecule has 9 heteroatoms. The van der Waals surface area contributed by atoms with Crippen LogP contribution in [0.4, 0.5) is 18.9 Å². The average molecular weight is 410 g/mol. The Morgan fingerprint density at radius 3 is 2.70 bits per heavy atom. The van der Waals surface area contributed by atoms with Crippen molar-refractivity contribution in [2.75, 3.05) is 30.7 Å². The van der Waals surface area contributed by atoms with Gasteiger partial charge in [0.25, 0.3) is 0 Å². The van der Waals surface area contributed by atoms with E-state index in [2.05, 4.69) is 0 Å². The summed E-state index contributed by atoms with van der Waals surface area (Å²) in [7, 11) is 0. The highest BCUT2D eigenvalue weighted by molar-refractivity contribution is 6.29. The van der Waals surface area contributed by atoms with Crippen molar-refractivity contribution in [3.63, 3.8) is 0 Å². The first-order chi connectivity index (χ1) is 12.7. The fourth-order valence-electron chi connectivity index (χ4n) is 2.56. The molecule has 1 aliphatic rings. The number of ether oxygens (including phenoxy) is 3. The summed E-state index contributed by atoms with van der Waals surface area (Å²) >= 11 is 5.64. The van der Waals surface area contributed by atoms with Gasteiger partial charge in [-0.15, -0.1) is 11.6 Å². The van der Waals surface area contributed by atoms with Gasteiger partial charge < -0.3 is 14.2 Å². The maximum atomic E-state index is 13.2. The van der Waals surface area contributed by atoms with Crippen LogP contribution in [-0.4, -0.2) is 43.9 Å². The number of hydrogen-bond acceptors (Lipinski definition) is 4. The molecule has 0 N–H and O–H groups in total. The Morgan fingerprint density at radius 2 is 2.15 bits per heavy atom. The molecule has 1 amide bonds. The van der Waals surface area contributed by atoms with Crippen molar-refractivity contribution in [2.24, 2.45) is 0 Å². The predicted molar refractivity (Wildman–Crippen MR) is 95.2 cm³/mol. The fourth-order valence-corrected chi connectivity index (χ4v) is 2.70. The van der Waals surface area contributed by atoms with E-state index in [9.17, 15) is 18.0 Å². The second-order valence-corrected chi connectivity index (χ2v) is 6.69. The number of nitrogens with zero attached hydrogens (tertiary/aromatic N) is 1. The molecule has 1 saturated heterocycles. The van der Waals surface area contributed by atoms with Crippen LogP contribution in [0.3, 0.4) is 0 Å². The summed E-state index contributed by atoms with van der Waals surface area (Å²) in [6, 6.07) is 3.00. The molecule has 1 atom stereocenters. The Labute approximate surface area is 161 Å². The monoisotopic (exact) mass is 409 g/mol. The van der Waals surface area contributed by atoms with E-state index in [4.69, 9.17) is 25.8 Å². The summed E-state index contributed by atoms with van der Waals surface area (Å²) in [5.41, 5.74) is -0.923. The predicted octanol–water partition coefficient (Wildman–Crippen LogP) is 4.22. The van der Waals surface area contributed by atoms with Crippen molar-refractivity contribution in [2.45, 2.75) is 45.1 Å². The van der Waals surface area contributed by atoms with Gasteiger partial charge in [0.2, 0.25) is 5.91 Å². The molecule has 0 aromatic heterocycles. The lowest BCUT2D eigenvalue weighted by Gasteiger charge is -2.26. The molecule has 1 heterocycles. The third-order valence-corrected chi connectivity index (χ3v) is 4.21. The third-order valence-electron chi connectivity index (χ3n) is 3.98. The molecular formula is C18H23ClF3NO4. The molecule has 0 bridgehead atoms. The number of hydrogen-bond donors (Lipinski definition) is 0. The lowest BCUT2D eigenvalue weighted by molar-refractivity contribution is -0.137. The zero-order valence-corrected chi connectivity index (χ0v) is 16.0. The Bertz CT molecular complexity index is 634. The summed E-state index contributed by atoms with van der Waals surface area (Å²) in [5.74, 6) is -0.842. The SMILES string of the molecule is CC(C)OCN(C(=O)CCl)c1cc(C(F)(F)F)ccc1OCC1CCCO1. The van der Waals surface area contributed by atoms with Crippen molar-refractivity contribution in [3.8, 4) is 5.75 Å². The zero-order chi connectivity index (χ0) is 20.0. The van der Waals surface area contributed by atoms with Gasteiger partial charge in [-0.3, -0.25) is 9.69 Å². The highest BCUT2D eigenvalue weighted by Crippen LogP contribution is 2.37. The molecule has 5 nitrogen and oxygen atoms in total. The molecule has 0 saturated carbocycles. The van der Waals surface area contributed by atoms with Crippen LogP contribution < -0.4 is 9.64 Å². The molecule has 0 spiro atoms. The standard InChI is InChI=1S/C18H23ClF3NO4/c1-12(2)27-11-23(17(24)9-19)15-8-13(18(20,21)22)5-6-16(15)26-10-14-4-3-7-25-14/h5-6,8,12,14H,3-4,7,9-11H2,1-2H3. The van der Waals surface area contributed by atoms with Crippen LogP contribution in [0.5, 0.6) is 5.75 Å². The third kappa shape index (κ3) is 6.26. The maximum absolute atomic E-state index is 13.2. The number of benzene rings is 1. The molecule has 27 heavy (non-hydrogen) atoms. The number of amides is 1. The molecule has 1 aromatic rings. The molecule has 1 aliphatic heterocycles. The first kappa shape index (κ1) is 21.8. The molecule has 1 unspecified atom stereocenters. The van der Waals surface area contributed by atoms with E-state index >= 15 is 0 Å². The van der Waals surface area contributed by atoms with Crippen molar-refractivity contribution >= 4 is 23.2 Å². The number of anilines is 1. The summed E-state index contributed by atoms with van der Waals surface area (Å²) in [6.07, 6.45) is -3.18. The van der Waals surface area contributed by atoms with Gasteiger partial charge in [-0.1, -0.05) is 0 Å². The molecular weight excluding hydrogens is 387 g/mol. The first-order valence-electron chi connectivity index (χ1n) is 8.66. The minimum absolute atomic E-state index is 0.0332. The summed E-state index contributed by atoms with van der Waals surface area (Å²) in [6.45, 7) is 4.09. The van der Waals surface area contributed by atoms with Gasteiger partial charge in [0.1, 0.15) is 25.0 Å². The Balaban J connectivity index is 2.34. The van der Waals surface area contributed by atoms with E-state index in [1.807, 2.05) is 0 Å². The molecule has 152 valence electrons. The first-order valence-corrected chi connectivity index (χ1v) is 9.19. The lowest BCUT2D eigenvalue weighted by atomic mass is 10.1. The summed E-state index contributed by atoms with van der Waals surface area (Å²) in [4.78, 5) is 13.3. The Morgan fingerprint density at radius 1 is 1.41 bits per heavy atom. The van der Waals surface area contributed by atoms with E-state index < -0.39 is 23.5 Å². The second-order valence-electron chi connectivity index (χ2n) is 6.43. The summed E-state index contributed by atoms with van der Waals surface area (Å²) in [5, 5.41) is 0. The summed E-state index contributed by atoms with van der Waals surface area (Å²) < 4.78 is 56.1. The number of carbonyl (C=O) groups is 1. The minimum Gasteiger partial charge on any atom is -0.489 e. The van der Waals surface area contributed by atoms with Crippen LogP contribution in [0.25, 0.3) is 0 Å². The second kappa shape index (κ2) is 9.61. The highest BCUT2D eigenvalue weighted by Gasteiger charge is 2.33. The van der Waals surface area contributed by atoms with E-state index in [0.29, 0.717) is 6.61 Å². The maximum Gasteiger partial charge on any atom is 0.416 e. The fraction of sp³-hybridized carbons (Fsp3) is 0.611. The molecule has 1 fully saturated rings. The van der Waals surface area contributed by atoms with Gasteiger partial charge in [0, 0.05) is 6.61 Å². The van der Waals surface area contributed by atoms with Crippen molar-refractivity contribution in [3.05, 3.63) is 23.8 Å². The van der Waals surface area contributed by atoms with Gasteiger partial charge >= 0.3 is 6.18 Å². The van der Waals surface area contributed by atoms with Gasteiger partial charge in [0.05, 0.1) is 23.5 Å². The van der Waals surface area contributed by atoms with Crippen molar-refractivity contribution in [1.29, 1.82) is 0 Å². The van der Waals surface area contributed by atoms with Crippen LogP contribution in [0.2, 0.25) is 0 Å². The van der Waals surface area contributed by atoms with Crippen molar-refractivity contribution < 1.29 is 32.2 Å². The highest BCUT2D eigenvalue weighted by atomic mass is 35.5. The Kier molecular flexibility index (Phi) is 7.76. The Hall–Kier alpha value is -1.51. The van der Waals surface area contributed by atoms with Crippen molar-refractivity contribution in [1.82, 2.24) is 0 Å². The van der Waals surface area contributed by atoms with E-state index in [-0.39, 0.29) is 37.0 Å². The lowest BCUT2D eigenvalue weighted by Crippen LogP contribution is -2.36. The van der Waals surface area contributed by atoms with Crippen LogP contribution in [-0.2, 0) is 20.4 Å². The topological polar surface area (TPSA) is 48.0 Å². The van der Waals surface area contributed by atoms with E-state index in [0.717, 1.165) is 29.9 Å². The molecule has 0 aliphatic carbocycles. The molecule has 2 rings (SSSR count). The molecule has 0 radical (unpaired) electrons. The largest absolute Gasteiger partial charge is 0.489 e.